The Morgan fingerprint density at radius 1 is 1.35 bits per heavy atom. The van der Waals surface area contributed by atoms with Crippen molar-refractivity contribution in [3.63, 3.8) is 0 Å². The third-order valence-corrected chi connectivity index (χ3v) is 2.84. The molecule has 17 heavy (non-hydrogen) atoms. The van der Waals surface area contributed by atoms with E-state index in [0.717, 1.165) is 16.8 Å². The van der Waals surface area contributed by atoms with Crippen molar-refractivity contribution in [3.05, 3.63) is 46.2 Å². The molecule has 5 heteroatoms. The first-order valence-electron chi connectivity index (χ1n) is 5.34. The van der Waals surface area contributed by atoms with Gasteiger partial charge in [-0.3, -0.25) is 5.10 Å². The van der Waals surface area contributed by atoms with Crippen LogP contribution < -0.4 is 5.32 Å². The van der Waals surface area contributed by atoms with Crippen molar-refractivity contribution < 1.29 is 5.11 Å². The standard InChI is InChI=1S/C12H14ClN3O/c1-8-10(7-15-16-8)6-14-5-9-4-11(13)2-3-12(9)17/h2-4,7,14,17H,5-6H2,1H3,(H,15,16). The van der Waals surface area contributed by atoms with Gasteiger partial charge in [0.05, 0.1) is 6.20 Å². The molecule has 4 nitrogen and oxygen atoms in total. The highest BCUT2D eigenvalue weighted by atomic mass is 35.5. The summed E-state index contributed by atoms with van der Waals surface area (Å²) < 4.78 is 0. The van der Waals surface area contributed by atoms with Gasteiger partial charge in [0.2, 0.25) is 0 Å². The molecule has 0 unspecified atom stereocenters. The SMILES string of the molecule is Cc1[nH]ncc1CNCc1cc(Cl)ccc1O. The molecule has 0 radical (unpaired) electrons. The van der Waals surface area contributed by atoms with Gasteiger partial charge in [-0.2, -0.15) is 5.10 Å². The lowest BCUT2D eigenvalue weighted by molar-refractivity contribution is 0.464. The van der Waals surface area contributed by atoms with Crippen molar-refractivity contribution in [2.75, 3.05) is 0 Å². The van der Waals surface area contributed by atoms with Gasteiger partial charge in [0.15, 0.2) is 0 Å². The largest absolute Gasteiger partial charge is 0.508 e. The maximum Gasteiger partial charge on any atom is 0.120 e. The van der Waals surface area contributed by atoms with Crippen LogP contribution >= 0.6 is 11.6 Å². The monoisotopic (exact) mass is 251 g/mol. The summed E-state index contributed by atoms with van der Waals surface area (Å²) in [5.74, 6) is 0.255. The van der Waals surface area contributed by atoms with E-state index in [1.54, 1.807) is 24.4 Å². The molecule has 0 spiro atoms. The number of H-pyrrole nitrogens is 1. The summed E-state index contributed by atoms with van der Waals surface area (Å²) >= 11 is 5.87. The van der Waals surface area contributed by atoms with Gasteiger partial charge in [-0.05, 0) is 25.1 Å². The van der Waals surface area contributed by atoms with E-state index in [1.807, 2.05) is 6.92 Å². The van der Waals surface area contributed by atoms with Crippen LogP contribution in [0.15, 0.2) is 24.4 Å². The molecular formula is C12H14ClN3O. The number of halogens is 1. The molecule has 2 aromatic rings. The van der Waals surface area contributed by atoms with Crippen molar-refractivity contribution in [3.8, 4) is 5.75 Å². The van der Waals surface area contributed by atoms with Crippen molar-refractivity contribution in [1.29, 1.82) is 0 Å². The fourth-order valence-electron chi connectivity index (χ4n) is 1.58. The van der Waals surface area contributed by atoms with Crippen LogP contribution in [-0.4, -0.2) is 15.3 Å². The summed E-state index contributed by atoms with van der Waals surface area (Å²) in [4.78, 5) is 0. The van der Waals surface area contributed by atoms with E-state index in [-0.39, 0.29) is 5.75 Å². The summed E-state index contributed by atoms with van der Waals surface area (Å²) in [5, 5.41) is 20.3. The molecule has 90 valence electrons. The van der Waals surface area contributed by atoms with Crippen LogP contribution in [0.3, 0.4) is 0 Å². The van der Waals surface area contributed by atoms with Crippen LogP contribution in [0.2, 0.25) is 5.02 Å². The van der Waals surface area contributed by atoms with Crippen molar-refractivity contribution >= 4 is 11.6 Å². The Hall–Kier alpha value is -1.52. The number of aromatic nitrogens is 2. The normalized spacial score (nSPS) is 10.7. The predicted octanol–water partition coefficient (Wildman–Crippen LogP) is 2.37. The Morgan fingerprint density at radius 3 is 2.82 bits per heavy atom. The lowest BCUT2D eigenvalue weighted by Gasteiger charge is -2.06. The molecule has 1 aromatic heterocycles. The number of aromatic hydroxyl groups is 1. The third-order valence-electron chi connectivity index (χ3n) is 2.61. The number of aryl methyl sites for hydroxylation is 1. The van der Waals surface area contributed by atoms with Gasteiger partial charge in [0.25, 0.3) is 0 Å². The maximum absolute atomic E-state index is 9.63. The molecule has 0 aliphatic rings. The Balaban J connectivity index is 1.94. The minimum absolute atomic E-state index is 0.255. The van der Waals surface area contributed by atoms with Gasteiger partial charge < -0.3 is 10.4 Å². The molecular weight excluding hydrogens is 238 g/mol. The first-order chi connectivity index (χ1) is 8.16. The minimum atomic E-state index is 0.255. The Bertz CT molecular complexity index is 510. The summed E-state index contributed by atoms with van der Waals surface area (Å²) in [6.45, 7) is 3.24. The zero-order chi connectivity index (χ0) is 12.3. The Labute approximate surface area is 105 Å². The first-order valence-corrected chi connectivity index (χ1v) is 5.71. The highest BCUT2D eigenvalue weighted by Gasteiger charge is 2.03. The zero-order valence-electron chi connectivity index (χ0n) is 9.50. The average molecular weight is 252 g/mol. The summed E-state index contributed by atoms with van der Waals surface area (Å²) in [6.07, 6.45) is 1.79. The van der Waals surface area contributed by atoms with E-state index in [4.69, 9.17) is 11.6 Å². The number of aromatic amines is 1. The number of nitrogens with zero attached hydrogens (tertiary/aromatic N) is 1. The molecule has 0 bridgehead atoms. The maximum atomic E-state index is 9.63. The van der Waals surface area contributed by atoms with Gasteiger partial charge in [-0.1, -0.05) is 11.6 Å². The van der Waals surface area contributed by atoms with Crippen LogP contribution in [0.25, 0.3) is 0 Å². The lowest BCUT2D eigenvalue weighted by atomic mass is 10.2. The van der Waals surface area contributed by atoms with E-state index in [9.17, 15) is 5.11 Å². The van der Waals surface area contributed by atoms with E-state index >= 15 is 0 Å². The van der Waals surface area contributed by atoms with Gasteiger partial charge in [-0.25, -0.2) is 0 Å². The van der Waals surface area contributed by atoms with Gasteiger partial charge in [0, 0.05) is 34.9 Å². The number of benzene rings is 1. The van der Waals surface area contributed by atoms with Crippen LogP contribution in [-0.2, 0) is 13.1 Å². The molecule has 1 heterocycles. The average Bonchev–Trinajstić information content (AvgIpc) is 2.70. The molecule has 0 aliphatic carbocycles. The molecule has 0 saturated carbocycles. The van der Waals surface area contributed by atoms with Gasteiger partial charge >= 0.3 is 0 Å². The van der Waals surface area contributed by atoms with E-state index in [2.05, 4.69) is 15.5 Å². The molecule has 0 fully saturated rings. The predicted molar refractivity (Wildman–Crippen MR) is 67.0 cm³/mol. The summed E-state index contributed by atoms with van der Waals surface area (Å²) in [6, 6.07) is 5.02. The topological polar surface area (TPSA) is 60.9 Å². The Kier molecular flexibility index (Phi) is 3.66. The number of phenolic OH excluding ortho intramolecular Hbond substituents is 1. The zero-order valence-corrected chi connectivity index (χ0v) is 10.3. The molecule has 0 aliphatic heterocycles. The third kappa shape index (κ3) is 2.99. The van der Waals surface area contributed by atoms with E-state index < -0.39 is 0 Å². The number of nitrogens with one attached hydrogen (secondary N) is 2. The van der Waals surface area contributed by atoms with E-state index in [1.165, 1.54) is 0 Å². The molecule has 3 N–H and O–H groups in total. The van der Waals surface area contributed by atoms with Crippen LogP contribution in [0, 0.1) is 6.92 Å². The second kappa shape index (κ2) is 5.21. The van der Waals surface area contributed by atoms with Crippen LogP contribution in [0.5, 0.6) is 5.75 Å². The molecule has 0 saturated heterocycles. The van der Waals surface area contributed by atoms with Crippen LogP contribution in [0.4, 0.5) is 0 Å². The van der Waals surface area contributed by atoms with Crippen molar-refractivity contribution in [2.45, 2.75) is 20.0 Å². The molecule has 0 amide bonds. The number of phenols is 1. The number of rotatable bonds is 4. The van der Waals surface area contributed by atoms with E-state index in [0.29, 0.717) is 18.1 Å². The quantitative estimate of drug-likeness (QED) is 0.782. The molecule has 0 atom stereocenters. The highest BCUT2D eigenvalue weighted by Crippen LogP contribution is 2.21. The first kappa shape index (κ1) is 12.0. The molecule has 1 aromatic carbocycles. The summed E-state index contributed by atoms with van der Waals surface area (Å²) in [7, 11) is 0. The highest BCUT2D eigenvalue weighted by molar-refractivity contribution is 6.30. The van der Waals surface area contributed by atoms with Gasteiger partial charge in [0.1, 0.15) is 5.75 Å². The number of hydrogen-bond donors (Lipinski definition) is 3. The minimum Gasteiger partial charge on any atom is -0.508 e. The van der Waals surface area contributed by atoms with Crippen LogP contribution in [0.1, 0.15) is 16.8 Å². The lowest BCUT2D eigenvalue weighted by Crippen LogP contribution is -2.13. The summed E-state index contributed by atoms with van der Waals surface area (Å²) in [5.41, 5.74) is 2.96. The van der Waals surface area contributed by atoms with Crippen molar-refractivity contribution in [1.82, 2.24) is 15.5 Å². The second-order valence-corrected chi connectivity index (χ2v) is 4.33. The molecule has 2 rings (SSSR count). The second-order valence-electron chi connectivity index (χ2n) is 3.90. The smallest absolute Gasteiger partial charge is 0.120 e. The fraction of sp³-hybridized carbons (Fsp3) is 0.250. The van der Waals surface area contributed by atoms with Gasteiger partial charge in [-0.15, -0.1) is 0 Å². The fourth-order valence-corrected chi connectivity index (χ4v) is 1.78. The van der Waals surface area contributed by atoms with Crippen molar-refractivity contribution in [2.24, 2.45) is 0 Å². The Morgan fingerprint density at radius 2 is 2.12 bits per heavy atom. The number of hydrogen-bond acceptors (Lipinski definition) is 3.